The first-order chi connectivity index (χ1) is 10.7. The summed E-state index contributed by atoms with van der Waals surface area (Å²) >= 11 is 0. The second-order valence-corrected chi connectivity index (χ2v) is 5.37. The Bertz CT molecular complexity index is 461. The molecule has 0 saturated carbocycles. The van der Waals surface area contributed by atoms with E-state index in [2.05, 4.69) is 39.0 Å². The van der Waals surface area contributed by atoms with Gasteiger partial charge in [0, 0.05) is 33.6 Å². The van der Waals surface area contributed by atoms with Gasteiger partial charge in [0.25, 0.3) is 0 Å². The molecule has 0 bridgehead atoms. The zero-order valence-corrected chi connectivity index (χ0v) is 16.9. The van der Waals surface area contributed by atoms with Crippen LogP contribution in [0.5, 0.6) is 0 Å². The van der Waals surface area contributed by atoms with Crippen LogP contribution in [0, 0.1) is 6.92 Å². The average Bonchev–Trinajstić information content (AvgIpc) is 2.92. The number of aryl methyl sites for hydroxylation is 2. The number of halogens is 1. The lowest BCUT2D eigenvalue weighted by molar-refractivity contribution is 0.371. The van der Waals surface area contributed by atoms with E-state index in [0.717, 1.165) is 38.3 Å². The normalized spacial score (nSPS) is 11.0. The molecule has 0 radical (unpaired) electrons. The summed E-state index contributed by atoms with van der Waals surface area (Å²) in [6.07, 6.45) is 8.42. The number of unbranched alkanes of at least 4 members (excludes halogenated alkanes) is 3. The summed E-state index contributed by atoms with van der Waals surface area (Å²) in [5.41, 5.74) is 0. The molecule has 0 amide bonds. The fourth-order valence-electron chi connectivity index (χ4n) is 2.19. The van der Waals surface area contributed by atoms with Crippen molar-refractivity contribution in [2.45, 2.75) is 45.4 Å². The van der Waals surface area contributed by atoms with Gasteiger partial charge < -0.3 is 14.7 Å². The molecular weight excluding hydrogens is 405 g/mol. The average molecular weight is 435 g/mol. The molecule has 0 spiro atoms. The number of nitrogens with zero attached hydrogens (tertiary/aromatic N) is 4. The molecule has 0 aliphatic heterocycles. The highest BCUT2D eigenvalue weighted by atomic mass is 127. The van der Waals surface area contributed by atoms with Crippen molar-refractivity contribution in [1.82, 2.24) is 20.4 Å². The molecule has 23 heavy (non-hydrogen) atoms. The van der Waals surface area contributed by atoms with Gasteiger partial charge in [-0.25, -0.2) is 0 Å². The number of allylic oxidation sites excluding steroid dienone is 1. The van der Waals surface area contributed by atoms with Crippen LogP contribution in [0.2, 0.25) is 0 Å². The van der Waals surface area contributed by atoms with Crippen LogP contribution >= 0.6 is 24.0 Å². The van der Waals surface area contributed by atoms with E-state index < -0.39 is 0 Å². The van der Waals surface area contributed by atoms with Crippen LogP contribution in [0.4, 0.5) is 0 Å². The Kier molecular flexibility index (Phi) is 12.7. The van der Waals surface area contributed by atoms with Crippen LogP contribution < -0.4 is 5.32 Å². The van der Waals surface area contributed by atoms with Crippen molar-refractivity contribution in [3.05, 3.63) is 24.4 Å². The molecule has 1 heterocycles. The van der Waals surface area contributed by atoms with Crippen molar-refractivity contribution >= 4 is 29.9 Å². The van der Waals surface area contributed by atoms with E-state index in [4.69, 9.17) is 4.52 Å². The number of rotatable bonds is 10. The molecule has 0 saturated heterocycles. The maximum atomic E-state index is 5.09. The summed E-state index contributed by atoms with van der Waals surface area (Å²) in [6.45, 7) is 7.43. The van der Waals surface area contributed by atoms with Crippen LogP contribution in [-0.4, -0.2) is 48.2 Å². The van der Waals surface area contributed by atoms with Gasteiger partial charge in [0.2, 0.25) is 5.89 Å². The number of hydrogen-bond acceptors (Lipinski definition) is 4. The first kappa shape index (κ1) is 21.9. The van der Waals surface area contributed by atoms with Crippen molar-refractivity contribution in [3.8, 4) is 0 Å². The van der Waals surface area contributed by atoms with E-state index in [1.807, 2.05) is 20.0 Å². The molecule has 6 nitrogen and oxygen atoms in total. The molecular formula is C16H30IN5O. The third kappa shape index (κ3) is 9.58. The smallest absolute Gasteiger partial charge is 0.226 e. The van der Waals surface area contributed by atoms with Gasteiger partial charge in [-0.1, -0.05) is 17.7 Å². The fourth-order valence-corrected chi connectivity index (χ4v) is 2.19. The maximum Gasteiger partial charge on any atom is 0.226 e. The third-order valence-electron chi connectivity index (χ3n) is 3.40. The van der Waals surface area contributed by atoms with E-state index >= 15 is 0 Å². The van der Waals surface area contributed by atoms with Gasteiger partial charge in [0.1, 0.15) is 0 Å². The number of guanidine groups is 1. The maximum absolute atomic E-state index is 5.09. The van der Waals surface area contributed by atoms with Crippen molar-refractivity contribution in [2.24, 2.45) is 4.99 Å². The Morgan fingerprint density at radius 2 is 2.13 bits per heavy atom. The van der Waals surface area contributed by atoms with Crippen LogP contribution in [0.1, 0.15) is 43.8 Å². The standard InChI is InChI=1S/C16H29N5O.HI/c1-5-6-7-8-9-13-21(4)16(17-3)18-12-10-11-15-19-14(2)20-22-15;/h5H,1,6-13H2,2-4H3,(H,17,18);1H. The van der Waals surface area contributed by atoms with Crippen molar-refractivity contribution < 1.29 is 4.52 Å². The van der Waals surface area contributed by atoms with Gasteiger partial charge in [-0.15, -0.1) is 30.6 Å². The lowest BCUT2D eigenvalue weighted by Crippen LogP contribution is -2.39. The summed E-state index contributed by atoms with van der Waals surface area (Å²) < 4.78 is 5.09. The molecule has 0 aromatic carbocycles. The largest absolute Gasteiger partial charge is 0.356 e. The molecule has 7 heteroatoms. The van der Waals surface area contributed by atoms with Crippen LogP contribution in [0.25, 0.3) is 0 Å². The minimum atomic E-state index is 0. The second kappa shape index (κ2) is 13.3. The molecule has 1 aromatic rings. The number of aliphatic imine (C=N–C) groups is 1. The molecule has 1 aromatic heterocycles. The van der Waals surface area contributed by atoms with Gasteiger partial charge in [-0.05, 0) is 32.6 Å². The highest BCUT2D eigenvalue weighted by Gasteiger charge is 2.06. The Morgan fingerprint density at radius 1 is 1.35 bits per heavy atom. The molecule has 0 unspecified atom stereocenters. The zero-order valence-electron chi connectivity index (χ0n) is 14.5. The fraction of sp³-hybridized carbons (Fsp3) is 0.688. The highest BCUT2D eigenvalue weighted by Crippen LogP contribution is 2.02. The lowest BCUT2D eigenvalue weighted by atomic mass is 10.2. The first-order valence-corrected chi connectivity index (χ1v) is 7.99. The van der Waals surface area contributed by atoms with Crippen molar-refractivity contribution in [1.29, 1.82) is 0 Å². The minimum Gasteiger partial charge on any atom is -0.356 e. The predicted molar refractivity (Wildman–Crippen MR) is 105 cm³/mol. The molecule has 0 aliphatic carbocycles. The molecule has 0 aliphatic rings. The topological polar surface area (TPSA) is 66.5 Å². The second-order valence-electron chi connectivity index (χ2n) is 5.37. The summed E-state index contributed by atoms with van der Waals surface area (Å²) in [5, 5.41) is 7.15. The van der Waals surface area contributed by atoms with Crippen LogP contribution in [0.15, 0.2) is 22.2 Å². The molecule has 0 fully saturated rings. The Morgan fingerprint density at radius 3 is 2.74 bits per heavy atom. The van der Waals surface area contributed by atoms with E-state index in [1.54, 1.807) is 0 Å². The van der Waals surface area contributed by atoms with Crippen molar-refractivity contribution in [2.75, 3.05) is 27.2 Å². The number of hydrogen-bond donors (Lipinski definition) is 1. The Balaban J connectivity index is 0.00000484. The number of aromatic nitrogens is 2. The van der Waals surface area contributed by atoms with E-state index in [0.29, 0.717) is 11.7 Å². The highest BCUT2D eigenvalue weighted by molar-refractivity contribution is 14.0. The monoisotopic (exact) mass is 435 g/mol. The third-order valence-corrected chi connectivity index (χ3v) is 3.40. The zero-order chi connectivity index (χ0) is 16.2. The van der Waals surface area contributed by atoms with E-state index in [1.165, 1.54) is 19.3 Å². The van der Waals surface area contributed by atoms with Crippen LogP contribution in [-0.2, 0) is 6.42 Å². The molecule has 0 atom stereocenters. The van der Waals surface area contributed by atoms with Gasteiger partial charge in [0.15, 0.2) is 11.8 Å². The lowest BCUT2D eigenvalue weighted by Gasteiger charge is -2.21. The van der Waals surface area contributed by atoms with Gasteiger partial charge in [-0.2, -0.15) is 4.98 Å². The number of nitrogens with one attached hydrogen (secondary N) is 1. The predicted octanol–water partition coefficient (Wildman–Crippen LogP) is 3.18. The van der Waals surface area contributed by atoms with Gasteiger partial charge >= 0.3 is 0 Å². The van der Waals surface area contributed by atoms with Crippen LogP contribution in [0.3, 0.4) is 0 Å². The first-order valence-electron chi connectivity index (χ1n) is 7.99. The van der Waals surface area contributed by atoms with Gasteiger partial charge in [0.05, 0.1) is 0 Å². The van der Waals surface area contributed by atoms with Crippen molar-refractivity contribution in [3.63, 3.8) is 0 Å². The summed E-state index contributed by atoms with van der Waals surface area (Å²) in [6, 6.07) is 0. The summed E-state index contributed by atoms with van der Waals surface area (Å²) in [5.74, 6) is 2.32. The summed E-state index contributed by atoms with van der Waals surface area (Å²) in [4.78, 5) is 10.7. The Labute approximate surface area is 156 Å². The SMILES string of the molecule is C=CCCCCCN(C)C(=NC)NCCCc1nc(C)no1.I. The molecule has 1 rings (SSSR count). The molecule has 132 valence electrons. The Hall–Kier alpha value is -1.12. The van der Waals surface area contributed by atoms with E-state index in [9.17, 15) is 0 Å². The summed E-state index contributed by atoms with van der Waals surface area (Å²) in [7, 11) is 3.89. The quantitative estimate of drug-likeness (QED) is 0.201. The minimum absolute atomic E-state index is 0. The van der Waals surface area contributed by atoms with E-state index in [-0.39, 0.29) is 24.0 Å². The molecule has 1 N–H and O–H groups in total. The van der Waals surface area contributed by atoms with Gasteiger partial charge in [-0.3, -0.25) is 4.99 Å².